The van der Waals surface area contributed by atoms with Gasteiger partial charge >= 0.3 is 11.9 Å². The van der Waals surface area contributed by atoms with Crippen LogP contribution in [-0.4, -0.2) is 38.1 Å². The lowest BCUT2D eigenvalue weighted by Gasteiger charge is -2.27. The molecular formula is C15H16O7. The molecule has 1 saturated carbocycles. The number of hydrogen-bond donors (Lipinski definition) is 4. The lowest BCUT2D eigenvalue weighted by Crippen LogP contribution is -2.35. The van der Waals surface area contributed by atoms with E-state index in [1.807, 2.05) is 0 Å². The summed E-state index contributed by atoms with van der Waals surface area (Å²) in [5, 5.41) is 37.8. The van der Waals surface area contributed by atoms with Crippen LogP contribution in [-0.2, 0) is 14.4 Å². The van der Waals surface area contributed by atoms with Crippen molar-refractivity contribution in [3.8, 4) is 11.5 Å². The molecule has 0 heterocycles. The van der Waals surface area contributed by atoms with Crippen LogP contribution in [0, 0.1) is 11.8 Å². The van der Waals surface area contributed by atoms with Crippen molar-refractivity contribution in [2.24, 2.45) is 11.8 Å². The molecule has 0 saturated heterocycles. The molecule has 1 fully saturated rings. The molecule has 1 aromatic carbocycles. The molecule has 1 aromatic rings. The Balaban J connectivity index is 2.56. The van der Waals surface area contributed by atoms with Crippen molar-refractivity contribution in [1.29, 1.82) is 0 Å². The molecule has 1 aliphatic carbocycles. The predicted octanol–water partition coefficient (Wildman–Crippen LogP) is 1.34. The van der Waals surface area contributed by atoms with Crippen molar-refractivity contribution in [3.05, 3.63) is 23.8 Å². The fourth-order valence-corrected chi connectivity index (χ4v) is 3.08. The fourth-order valence-electron chi connectivity index (χ4n) is 3.08. The van der Waals surface area contributed by atoms with Crippen molar-refractivity contribution < 1.29 is 34.8 Å². The first kappa shape index (κ1) is 15.8. The second-order valence-corrected chi connectivity index (χ2v) is 5.39. The fraction of sp³-hybridized carbons (Fsp3) is 0.400. The van der Waals surface area contributed by atoms with E-state index >= 15 is 0 Å². The molecule has 2 unspecified atom stereocenters. The van der Waals surface area contributed by atoms with Crippen LogP contribution in [0.2, 0.25) is 0 Å². The monoisotopic (exact) mass is 308 g/mol. The third kappa shape index (κ3) is 2.88. The lowest BCUT2D eigenvalue weighted by atomic mass is 9.75. The largest absolute Gasteiger partial charge is 0.508 e. The van der Waals surface area contributed by atoms with Crippen molar-refractivity contribution in [2.45, 2.75) is 25.2 Å². The zero-order valence-electron chi connectivity index (χ0n) is 11.6. The summed E-state index contributed by atoms with van der Waals surface area (Å²) in [6.45, 7) is 0. The third-order valence-corrected chi connectivity index (χ3v) is 4.05. The van der Waals surface area contributed by atoms with E-state index < -0.39 is 35.4 Å². The predicted molar refractivity (Wildman–Crippen MR) is 73.6 cm³/mol. The Morgan fingerprint density at radius 3 is 2.23 bits per heavy atom. The maximum absolute atomic E-state index is 12.0. The Labute approximate surface area is 125 Å². The summed E-state index contributed by atoms with van der Waals surface area (Å²) in [6, 6.07) is 3.49. The summed E-state index contributed by atoms with van der Waals surface area (Å²) in [6.07, 6.45) is 1.21. The summed E-state index contributed by atoms with van der Waals surface area (Å²) in [4.78, 5) is 34.7. The number of aromatic hydroxyl groups is 2. The van der Waals surface area contributed by atoms with Crippen molar-refractivity contribution in [2.75, 3.05) is 0 Å². The molecule has 0 radical (unpaired) electrons. The zero-order chi connectivity index (χ0) is 16.4. The highest BCUT2D eigenvalue weighted by Crippen LogP contribution is 2.44. The van der Waals surface area contributed by atoms with E-state index in [2.05, 4.69) is 0 Å². The van der Waals surface area contributed by atoms with Crippen LogP contribution in [0.1, 0.15) is 30.7 Å². The van der Waals surface area contributed by atoms with Gasteiger partial charge in [-0.3, -0.25) is 14.4 Å². The molecule has 2 rings (SSSR count). The normalized spacial score (nSPS) is 19.3. The highest BCUT2D eigenvalue weighted by molar-refractivity contribution is 5.96. The van der Waals surface area contributed by atoms with E-state index in [-0.39, 0.29) is 23.5 Å². The van der Waals surface area contributed by atoms with Gasteiger partial charge in [-0.15, -0.1) is 0 Å². The van der Waals surface area contributed by atoms with Gasteiger partial charge in [-0.1, -0.05) is 6.07 Å². The number of carbonyl (C=O) groups is 3. The SMILES string of the molecule is O=C1CCCC1C(c1ccc(O)cc1O)C(C(=O)O)C(=O)O. The lowest BCUT2D eigenvalue weighted by molar-refractivity contribution is -0.156. The average molecular weight is 308 g/mol. The van der Waals surface area contributed by atoms with Gasteiger partial charge in [-0.25, -0.2) is 0 Å². The van der Waals surface area contributed by atoms with E-state index in [1.54, 1.807) is 0 Å². The van der Waals surface area contributed by atoms with Crippen LogP contribution >= 0.6 is 0 Å². The van der Waals surface area contributed by atoms with Gasteiger partial charge in [0, 0.05) is 24.3 Å². The summed E-state index contributed by atoms with van der Waals surface area (Å²) in [5.74, 6) is -7.78. The number of aliphatic carboxylic acids is 2. The highest BCUT2D eigenvalue weighted by Gasteiger charge is 2.45. The number of carboxylic acid groups (broad SMARTS) is 2. The topological polar surface area (TPSA) is 132 Å². The van der Waals surface area contributed by atoms with Crippen LogP contribution in [0.5, 0.6) is 11.5 Å². The van der Waals surface area contributed by atoms with Gasteiger partial charge in [-0.05, 0) is 24.5 Å². The molecule has 118 valence electrons. The standard InChI is InChI=1S/C15H16O7/c16-7-4-5-9(11(18)6-7)12(8-2-1-3-10(8)17)13(14(19)20)15(21)22/h4-6,8,12-13,16,18H,1-3H2,(H,19,20)(H,21,22). The van der Waals surface area contributed by atoms with Gasteiger partial charge < -0.3 is 20.4 Å². The molecule has 0 bridgehead atoms. The minimum atomic E-state index is -1.84. The molecule has 4 N–H and O–H groups in total. The van der Waals surface area contributed by atoms with Gasteiger partial charge in [0.15, 0.2) is 5.92 Å². The number of hydrogen-bond acceptors (Lipinski definition) is 5. The van der Waals surface area contributed by atoms with E-state index in [0.29, 0.717) is 12.8 Å². The van der Waals surface area contributed by atoms with Crippen molar-refractivity contribution in [1.82, 2.24) is 0 Å². The van der Waals surface area contributed by atoms with Crippen LogP contribution < -0.4 is 0 Å². The Hall–Kier alpha value is -2.57. The molecule has 0 aromatic heterocycles. The maximum Gasteiger partial charge on any atom is 0.318 e. The summed E-state index contributed by atoms with van der Waals surface area (Å²) >= 11 is 0. The number of Topliss-reactive ketones (excluding diaryl/α,β-unsaturated/α-hetero) is 1. The Morgan fingerprint density at radius 1 is 1.14 bits per heavy atom. The molecule has 0 aliphatic heterocycles. The molecule has 1 aliphatic rings. The summed E-state index contributed by atoms with van der Waals surface area (Å²) in [5.41, 5.74) is 0.0489. The number of benzene rings is 1. The van der Waals surface area contributed by atoms with Crippen molar-refractivity contribution >= 4 is 17.7 Å². The highest BCUT2D eigenvalue weighted by atomic mass is 16.4. The van der Waals surface area contributed by atoms with Crippen LogP contribution in [0.15, 0.2) is 18.2 Å². The number of carbonyl (C=O) groups excluding carboxylic acids is 1. The number of ketones is 1. The molecular weight excluding hydrogens is 292 g/mol. The van der Waals surface area contributed by atoms with Crippen LogP contribution in [0.4, 0.5) is 0 Å². The molecule has 2 atom stereocenters. The van der Waals surface area contributed by atoms with E-state index in [1.165, 1.54) is 12.1 Å². The van der Waals surface area contributed by atoms with Gasteiger partial charge in [0.1, 0.15) is 17.3 Å². The van der Waals surface area contributed by atoms with Gasteiger partial charge in [0.2, 0.25) is 0 Å². The molecule has 7 nitrogen and oxygen atoms in total. The van der Waals surface area contributed by atoms with Crippen LogP contribution in [0.25, 0.3) is 0 Å². The summed E-state index contributed by atoms with van der Waals surface area (Å²) in [7, 11) is 0. The van der Waals surface area contributed by atoms with E-state index in [4.69, 9.17) is 0 Å². The second-order valence-electron chi connectivity index (χ2n) is 5.39. The van der Waals surface area contributed by atoms with Crippen molar-refractivity contribution in [3.63, 3.8) is 0 Å². The van der Waals surface area contributed by atoms with Crippen LogP contribution in [0.3, 0.4) is 0 Å². The number of carboxylic acids is 2. The second kappa shape index (κ2) is 6.05. The quantitative estimate of drug-likeness (QED) is 0.603. The zero-order valence-corrected chi connectivity index (χ0v) is 11.6. The molecule has 0 spiro atoms. The van der Waals surface area contributed by atoms with Gasteiger partial charge in [0.05, 0.1) is 0 Å². The van der Waals surface area contributed by atoms with Gasteiger partial charge in [0.25, 0.3) is 0 Å². The Kier molecular flexibility index (Phi) is 4.35. The number of rotatable bonds is 5. The van der Waals surface area contributed by atoms with Gasteiger partial charge in [-0.2, -0.15) is 0 Å². The van der Waals surface area contributed by atoms with E-state index in [9.17, 15) is 34.8 Å². The first-order valence-corrected chi connectivity index (χ1v) is 6.83. The molecule has 22 heavy (non-hydrogen) atoms. The summed E-state index contributed by atoms with van der Waals surface area (Å²) < 4.78 is 0. The van der Waals surface area contributed by atoms with E-state index in [0.717, 1.165) is 6.07 Å². The minimum Gasteiger partial charge on any atom is -0.508 e. The third-order valence-electron chi connectivity index (χ3n) is 4.05. The molecule has 0 amide bonds. The Bertz CT molecular complexity index is 608. The maximum atomic E-state index is 12.0. The molecule has 7 heteroatoms. The number of phenolic OH excluding ortho intramolecular Hbond substituents is 2. The number of phenols is 2. The first-order valence-electron chi connectivity index (χ1n) is 6.83. The average Bonchev–Trinajstić information content (AvgIpc) is 2.81. The first-order chi connectivity index (χ1) is 10.3. The minimum absolute atomic E-state index is 0.0489. The smallest absolute Gasteiger partial charge is 0.318 e. The Morgan fingerprint density at radius 2 is 1.77 bits per heavy atom.